The molecule has 0 bridgehead atoms. The number of ether oxygens (including phenoxy) is 1. The largest absolute Gasteiger partial charge is 0.468 e. The second-order valence-corrected chi connectivity index (χ2v) is 2.36. The van der Waals surface area contributed by atoms with Gasteiger partial charge in [0.2, 0.25) is 0 Å². The summed E-state index contributed by atoms with van der Waals surface area (Å²) in [4.78, 5) is 20.1. The molecule has 0 fully saturated rings. The number of carbonyl (C=O) groups is 2. The Kier molecular flexibility index (Phi) is 4.94. The molecule has 0 rings (SSSR count). The molecule has 0 aliphatic rings. The van der Waals surface area contributed by atoms with Crippen LogP contribution in [0.15, 0.2) is 0 Å². The number of hydrogen-bond donors (Lipinski definition) is 0. The highest BCUT2D eigenvalue weighted by Gasteiger charge is 2.08. The molecule has 58 valence electrons. The van der Waals surface area contributed by atoms with Crippen molar-refractivity contribution in [2.75, 3.05) is 6.61 Å². The van der Waals surface area contributed by atoms with E-state index >= 15 is 0 Å². The van der Waals surface area contributed by atoms with Gasteiger partial charge < -0.3 is 4.74 Å². The van der Waals surface area contributed by atoms with Crippen LogP contribution in [0, 0.1) is 0 Å². The molecule has 0 saturated heterocycles. The molecule has 0 amide bonds. The molecule has 0 saturated carbocycles. The Morgan fingerprint density at radius 2 is 2.40 bits per heavy atom. The zero-order chi connectivity index (χ0) is 7.98. The van der Waals surface area contributed by atoms with E-state index in [2.05, 4.69) is 4.74 Å². The van der Waals surface area contributed by atoms with Crippen molar-refractivity contribution in [3.05, 3.63) is 0 Å². The normalized spacial score (nSPS) is 12.2. The van der Waals surface area contributed by atoms with Crippen LogP contribution >= 0.6 is 11.6 Å². The van der Waals surface area contributed by atoms with Crippen molar-refractivity contribution in [3.63, 3.8) is 0 Å². The number of carbonyl (C=O) groups excluding carboxylic acids is 2. The Hall–Kier alpha value is -0.570. The van der Waals surface area contributed by atoms with E-state index in [1.807, 2.05) is 0 Å². The van der Waals surface area contributed by atoms with Gasteiger partial charge in [-0.1, -0.05) is 0 Å². The van der Waals surface area contributed by atoms with Gasteiger partial charge in [-0.15, -0.1) is 11.6 Å². The van der Waals surface area contributed by atoms with Crippen LogP contribution < -0.4 is 0 Å². The first-order valence-electron chi connectivity index (χ1n) is 2.88. The standard InChI is InChI=1S/C6H9ClO3/c1-5(9)6(7)2-3-10-4-8/h4,6H,2-3H2,1H3. The summed E-state index contributed by atoms with van der Waals surface area (Å²) in [5, 5.41) is -0.528. The summed E-state index contributed by atoms with van der Waals surface area (Å²) in [5.74, 6) is -0.101. The van der Waals surface area contributed by atoms with Crippen LogP contribution in [0.3, 0.4) is 0 Å². The Balaban J connectivity index is 3.30. The number of ketones is 1. The van der Waals surface area contributed by atoms with Gasteiger partial charge in [-0.3, -0.25) is 9.59 Å². The zero-order valence-electron chi connectivity index (χ0n) is 5.67. The van der Waals surface area contributed by atoms with Gasteiger partial charge in [0.05, 0.1) is 12.0 Å². The van der Waals surface area contributed by atoms with Crippen molar-refractivity contribution in [1.29, 1.82) is 0 Å². The summed E-state index contributed by atoms with van der Waals surface area (Å²) < 4.78 is 4.34. The smallest absolute Gasteiger partial charge is 0.293 e. The van der Waals surface area contributed by atoms with E-state index in [0.717, 1.165) is 0 Å². The average molecular weight is 165 g/mol. The lowest BCUT2D eigenvalue weighted by Gasteiger charge is -2.02. The second kappa shape index (κ2) is 5.23. The third-order valence-electron chi connectivity index (χ3n) is 0.998. The molecule has 4 heteroatoms. The topological polar surface area (TPSA) is 43.4 Å². The first-order chi connectivity index (χ1) is 4.68. The Labute approximate surface area is 64.3 Å². The molecule has 0 aromatic rings. The van der Waals surface area contributed by atoms with Crippen molar-refractivity contribution in [1.82, 2.24) is 0 Å². The number of hydrogen-bond acceptors (Lipinski definition) is 3. The quantitative estimate of drug-likeness (QED) is 0.342. The van der Waals surface area contributed by atoms with Gasteiger partial charge in [-0.05, 0) is 6.92 Å². The van der Waals surface area contributed by atoms with Gasteiger partial charge >= 0.3 is 0 Å². The molecule has 10 heavy (non-hydrogen) atoms. The van der Waals surface area contributed by atoms with Crippen LogP contribution in [-0.2, 0) is 14.3 Å². The highest BCUT2D eigenvalue weighted by molar-refractivity contribution is 6.30. The minimum absolute atomic E-state index is 0.101. The summed E-state index contributed by atoms with van der Waals surface area (Å²) >= 11 is 5.51. The number of alkyl halides is 1. The fraction of sp³-hybridized carbons (Fsp3) is 0.667. The fourth-order valence-electron chi connectivity index (χ4n) is 0.423. The van der Waals surface area contributed by atoms with Crippen LogP contribution in [0.1, 0.15) is 13.3 Å². The van der Waals surface area contributed by atoms with Gasteiger partial charge in [-0.25, -0.2) is 0 Å². The van der Waals surface area contributed by atoms with Gasteiger partial charge in [-0.2, -0.15) is 0 Å². The highest BCUT2D eigenvalue weighted by atomic mass is 35.5. The maximum absolute atomic E-state index is 10.5. The van der Waals surface area contributed by atoms with Crippen molar-refractivity contribution in [3.8, 4) is 0 Å². The minimum Gasteiger partial charge on any atom is -0.468 e. The van der Waals surface area contributed by atoms with Crippen LogP contribution in [0.2, 0.25) is 0 Å². The lowest BCUT2D eigenvalue weighted by Crippen LogP contribution is -2.12. The van der Waals surface area contributed by atoms with Crippen LogP contribution in [0.5, 0.6) is 0 Å². The number of Topliss-reactive ketones (excluding diaryl/α,β-unsaturated/α-hetero) is 1. The van der Waals surface area contributed by atoms with Gasteiger partial charge in [0, 0.05) is 6.42 Å². The second-order valence-electron chi connectivity index (χ2n) is 1.83. The molecule has 0 aromatic heterocycles. The maximum Gasteiger partial charge on any atom is 0.293 e. The summed E-state index contributed by atoms with van der Waals surface area (Å²) in [7, 11) is 0. The summed E-state index contributed by atoms with van der Waals surface area (Å²) in [5.41, 5.74) is 0. The van der Waals surface area contributed by atoms with Crippen LogP contribution in [0.4, 0.5) is 0 Å². The molecule has 0 radical (unpaired) electrons. The number of rotatable bonds is 5. The third kappa shape index (κ3) is 4.32. The monoisotopic (exact) mass is 164 g/mol. The summed E-state index contributed by atoms with van der Waals surface area (Å²) in [6.07, 6.45) is 0.385. The maximum atomic E-state index is 10.5. The van der Waals surface area contributed by atoms with Crippen LogP contribution in [0.25, 0.3) is 0 Å². The van der Waals surface area contributed by atoms with Crippen molar-refractivity contribution in [2.24, 2.45) is 0 Å². The van der Waals surface area contributed by atoms with E-state index in [1.165, 1.54) is 6.92 Å². The van der Waals surface area contributed by atoms with E-state index in [-0.39, 0.29) is 12.4 Å². The molecule has 0 N–H and O–H groups in total. The molecule has 0 aliphatic carbocycles. The summed E-state index contributed by atoms with van der Waals surface area (Å²) in [6.45, 7) is 1.94. The Bertz CT molecular complexity index is 124. The molecule has 0 spiro atoms. The average Bonchev–Trinajstić information content (AvgIpc) is 1.88. The number of halogens is 1. The molecule has 0 aromatic carbocycles. The van der Waals surface area contributed by atoms with Gasteiger partial charge in [0.25, 0.3) is 6.47 Å². The lowest BCUT2D eigenvalue weighted by atomic mass is 10.2. The van der Waals surface area contributed by atoms with E-state index in [1.54, 1.807) is 0 Å². The first-order valence-corrected chi connectivity index (χ1v) is 3.32. The Morgan fingerprint density at radius 1 is 1.80 bits per heavy atom. The lowest BCUT2D eigenvalue weighted by molar-refractivity contribution is -0.129. The summed E-state index contributed by atoms with van der Waals surface area (Å²) in [6, 6.07) is 0. The van der Waals surface area contributed by atoms with Crippen molar-refractivity contribution < 1.29 is 14.3 Å². The molecule has 3 nitrogen and oxygen atoms in total. The van der Waals surface area contributed by atoms with Gasteiger partial charge in [0.1, 0.15) is 5.78 Å². The highest BCUT2D eigenvalue weighted by Crippen LogP contribution is 2.02. The molecule has 1 unspecified atom stereocenters. The van der Waals surface area contributed by atoms with Crippen LogP contribution in [-0.4, -0.2) is 24.2 Å². The SMILES string of the molecule is CC(=O)C(Cl)CCOC=O. The van der Waals surface area contributed by atoms with E-state index in [9.17, 15) is 9.59 Å². The fourth-order valence-corrected chi connectivity index (χ4v) is 0.512. The predicted octanol–water partition coefficient (Wildman–Crippen LogP) is 0.746. The van der Waals surface area contributed by atoms with Crippen molar-refractivity contribution >= 4 is 23.9 Å². The zero-order valence-corrected chi connectivity index (χ0v) is 6.43. The van der Waals surface area contributed by atoms with Gasteiger partial charge in [0.15, 0.2) is 0 Å². The van der Waals surface area contributed by atoms with E-state index in [0.29, 0.717) is 12.9 Å². The third-order valence-corrected chi connectivity index (χ3v) is 1.52. The molecule has 1 atom stereocenters. The molecular formula is C6H9ClO3. The molecular weight excluding hydrogens is 156 g/mol. The minimum atomic E-state index is -0.528. The molecule has 0 aliphatic heterocycles. The van der Waals surface area contributed by atoms with Crippen molar-refractivity contribution in [2.45, 2.75) is 18.7 Å². The Morgan fingerprint density at radius 3 is 2.80 bits per heavy atom. The van der Waals surface area contributed by atoms with E-state index in [4.69, 9.17) is 11.6 Å². The van der Waals surface area contributed by atoms with E-state index < -0.39 is 5.38 Å². The predicted molar refractivity (Wildman–Crippen MR) is 37.0 cm³/mol. The molecule has 0 heterocycles. The first kappa shape index (κ1) is 9.43.